The second kappa shape index (κ2) is 6.92. The maximum Gasteiger partial charge on any atom is 0.260 e. The van der Waals surface area contributed by atoms with E-state index in [0.717, 1.165) is 16.9 Å². The second-order valence-electron chi connectivity index (χ2n) is 5.05. The summed E-state index contributed by atoms with van der Waals surface area (Å²) in [6.45, 7) is 7.03. The van der Waals surface area contributed by atoms with Crippen LogP contribution in [0.1, 0.15) is 18.1 Å². The van der Waals surface area contributed by atoms with Gasteiger partial charge in [-0.15, -0.1) is 0 Å². The van der Waals surface area contributed by atoms with Gasteiger partial charge in [0, 0.05) is 25.5 Å². The second-order valence-corrected chi connectivity index (χ2v) is 5.05. The van der Waals surface area contributed by atoms with Crippen molar-refractivity contribution in [2.24, 2.45) is 0 Å². The highest BCUT2D eigenvalue weighted by Gasteiger charge is 2.15. The fourth-order valence-corrected chi connectivity index (χ4v) is 1.97. The van der Waals surface area contributed by atoms with E-state index in [9.17, 15) is 4.79 Å². The number of hydrogen-bond donors (Lipinski definition) is 1. The molecule has 2 aromatic rings. The molecule has 5 heteroatoms. The van der Waals surface area contributed by atoms with Crippen molar-refractivity contribution in [3.63, 3.8) is 0 Å². The molecular weight excluding hydrogens is 266 g/mol. The van der Waals surface area contributed by atoms with E-state index in [1.54, 1.807) is 19.4 Å². The van der Waals surface area contributed by atoms with E-state index in [2.05, 4.69) is 10.3 Å². The van der Waals surface area contributed by atoms with E-state index in [1.807, 2.05) is 42.8 Å². The monoisotopic (exact) mass is 287 g/mol. The Bertz CT molecular complexity index is 594. The lowest BCUT2D eigenvalue weighted by Gasteiger charge is -2.17. The molecule has 0 radical (unpaired) electrons. The molecule has 0 saturated heterocycles. The van der Waals surface area contributed by atoms with Gasteiger partial charge in [0.2, 0.25) is 0 Å². The van der Waals surface area contributed by atoms with Crippen LogP contribution in [0.25, 0.3) is 0 Å². The first kappa shape index (κ1) is 15.1. The highest BCUT2D eigenvalue weighted by molar-refractivity contribution is 5.80. The third-order valence-corrected chi connectivity index (χ3v) is 3.46. The molecule has 5 nitrogen and oxygen atoms in total. The third kappa shape index (κ3) is 4.08. The first-order valence-corrected chi connectivity index (χ1v) is 7.04. The van der Waals surface area contributed by atoms with Gasteiger partial charge in [0.25, 0.3) is 5.91 Å². The summed E-state index contributed by atoms with van der Waals surface area (Å²) < 4.78 is 7.66. The normalized spacial score (nSPS) is 12.0. The fraction of sp³-hybridized carbons (Fsp3) is 0.375. The third-order valence-electron chi connectivity index (χ3n) is 3.46. The van der Waals surface area contributed by atoms with Gasteiger partial charge in [-0.1, -0.05) is 12.1 Å². The lowest BCUT2D eigenvalue weighted by molar-refractivity contribution is -0.127. The number of rotatable bonds is 6. The smallest absolute Gasteiger partial charge is 0.260 e. The standard InChI is InChI=1S/C16H21N3O2/c1-12-5-4-6-15(13(12)2)21-14(3)16(20)18-8-10-19-9-7-17-11-19/h4-7,9,11,14H,8,10H2,1-3H3,(H,18,20)/t14-/m1/s1. The Labute approximate surface area is 125 Å². The van der Waals surface area contributed by atoms with Crippen LogP contribution in [-0.4, -0.2) is 28.1 Å². The quantitative estimate of drug-likeness (QED) is 0.885. The molecular formula is C16H21N3O2. The molecule has 0 saturated carbocycles. The predicted molar refractivity (Wildman–Crippen MR) is 81.2 cm³/mol. The summed E-state index contributed by atoms with van der Waals surface area (Å²) in [6, 6.07) is 5.84. The zero-order valence-corrected chi connectivity index (χ0v) is 12.7. The van der Waals surface area contributed by atoms with E-state index in [1.165, 1.54) is 0 Å². The molecule has 0 aliphatic rings. The molecule has 1 atom stereocenters. The van der Waals surface area contributed by atoms with Crippen LogP contribution < -0.4 is 10.1 Å². The number of carbonyl (C=O) groups excluding carboxylic acids is 1. The van der Waals surface area contributed by atoms with Gasteiger partial charge in [0.1, 0.15) is 5.75 Å². The maximum absolute atomic E-state index is 12.0. The van der Waals surface area contributed by atoms with Crippen LogP contribution in [-0.2, 0) is 11.3 Å². The SMILES string of the molecule is Cc1cccc(O[C@H](C)C(=O)NCCn2ccnc2)c1C. The summed E-state index contributed by atoms with van der Waals surface area (Å²) in [5, 5.41) is 2.86. The van der Waals surface area contributed by atoms with Crippen molar-refractivity contribution < 1.29 is 9.53 Å². The van der Waals surface area contributed by atoms with E-state index in [-0.39, 0.29) is 5.91 Å². The molecule has 0 spiro atoms. The topological polar surface area (TPSA) is 56.1 Å². The highest BCUT2D eigenvalue weighted by Crippen LogP contribution is 2.21. The number of ether oxygens (including phenoxy) is 1. The Morgan fingerprint density at radius 1 is 1.43 bits per heavy atom. The van der Waals surface area contributed by atoms with Crippen molar-refractivity contribution in [1.82, 2.24) is 14.9 Å². The van der Waals surface area contributed by atoms with Crippen LogP contribution >= 0.6 is 0 Å². The van der Waals surface area contributed by atoms with Crippen molar-refractivity contribution in [2.75, 3.05) is 6.54 Å². The zero-order chi connectivity index (χ0) is 15.2. The molecule has 0 bridgehead atoms. The van der Waals surface area contributed by atoms with E-state index >= 15 is 0 Å². The van der Waals surface area contributed by atoms with Crippen LogP contribution in [0, 0.1) is 13.8 Å². The van der Waals surface area contributed by atoms with Gasteiger partial charge in [-0.2, -0.15) is 0 Å². The Hall–Kier alpha value is -2.30. The van der Waals surface area contributed by atoms with Gasteiger partial charge in [-0.3, -0.25) is 4.79 Å². The lowest BCUT2D eigenvalue weighted by Crippen LogP contribution is -2.38. The van der Waals surface area contributed by atoms with Gasteiger partial charge in [-0.25, -0.2) is 4.98 Å². The van der Waals surface area contributed by atoms with Crippen LogP contribution in [0.2, 0.25) is 0 Å². The van der Waals surface area contributed by atoms with Crippen LogP contribution in [0.5, 0.6) is 5.75 Å². The van der Waals surface area contributed by atoms with Crippen LogP contribution in [0.4, 0.5) is 0 Å². The van der Waals surface area contributed by atoms with Crippen molar-refractivity contribution in [2.45, 2.75) is 33.4 Å². The fourth-order valence-electron chi connectivity index (χ4n) is 1.97. The molecule has 0 unspecified atom stereocenters. The summed E-state index contributed by atoms with van der Waals surface area (Å²) in [7, 11) is 0. The molecule has 112 valence electrons. The molecule has 21 heavy (non-hydrogen) atoms. The van der Waals surface area contributed by atoms with Crippen LogP contribution in [0.15, 0.2) is 36.9 Å². The Kier molecular flexibility index (Phi) is 4.98. The summed E-state index contributed by atoms with van der Waals surface area (Å²) in [5.41, 5.74) is 2.22. The number of hydrogen-bond acceptors (Lipinski definition) is 3. The minimum Gasteiger partial charge on any atom is -0.481 e. The van der Waals surface area contributed by atoms with Crippen LogP contribution in [0.3, 0.4) is 0 Å². The molecule has 1 N–H and O–H groups in total. The lowest BCUT2D eigenvalue weighted by atomic mass is 10.1. The molecule has 0 fully saturated rings. The van der Waals surface area contributed by atoms with Crippen molar-refractivity contribution >= 4 is 5.91 Å². The first-order valence-electron chi connectivity index (χ1n) is 7.04. The van der Waals surface area contributed by atoms with Gasteiger partial charge < -0.3 is 14.6 Å². The number of benzene rings is 1. The molecule has 1 amide bonds. The number of carbonyl (C=O) groups is 1. The molecule has 2 rings (SSSR count). The van der Waals surface area contributed by atoms with Crippen molar-refractivity contribution in [3.8, 4) is 5.75 Å². The van der Waals surface area contributed by atoms with Gasteiger partial charge in [-0.05, 0) is 38.0 Å². The summed E-state index contributed by atoms with van der Waals surface area (Å²) in [4.78, 5) is 16.0. The zero-order valence-electron chi connectivity index (χ0n) is 12.7. The number of imidazole rings is 1. The summed E-state index contributed by atoms with van der Waals surface area (Å²) >= 11 is 0. The average molecular weight is 287 g/mol. The van der Waals surface area contributed by atoms with Gasteiger partial charge in [0.15, 0.2) is 6.10 Å². The minimum absolute atomic E-state index is 0.115. The summed E-state index contributed by atoms with van der Waals surface area (Å²) in [6.07, 6.45) is 4.78. The van der Waals surface area contributed by atoms with Crippen molar-refractivity contribution in [3.05, 3.63) is 48.0 Å². The van der Waals surface area contributed by atoms with Gasteiger partial charge >= 0.3 is 0 Å². The van der Waals surface area contributed by atoms with Crippen molar-refractivity contribution in [1.29, 1.82) is 0 Å². The van der Waals surface area contributed by atoms with Gasteiger partial charge in [0.05, 0.1) is 6.33 Å². The van der Waals surface area contributed by atoms with E-state index < -0.39 is 6.10 Å². The molecule has 1 aromatic carbocycles. The van der Waals surface area contributed by atoms with E-state index in [4.69, 9.17) is 4.74 Å². The molecule has 0 aliphatic carbocycles. The Morgan fingerprint density at radius 3 is 2.95 bits per heavy atom. The first-order chi connectivity index (χ1) is 10.1. The predicted octanol–water partition coefficient (Wildman–Crippen LogP) is 2.08. The summed E-state index contributed by atoms with van der Waals surface area (Å²) in [5.74, 6) is 0.642. The maximum atomic E-state index is 12.0. The number of nitrogens with one attached hydrogen (secondary N) is 1. The molecule has 1 heterocycles. The number of aromatic nitrogens is 2. The Morgan fingerprint density at radius 2 is 2.24 bits per heavy atom. The number of nitrogens with zero attached hydrogens (tertiary/aromatic N) is 2. The highest BCUT2D eigenvalue weighted by atomic mass is 16.5. The largest absolute Gasteiger partial charge is 0.481 e. The molecule has 1 aromatic heterocycles. The number of amides is 1. The average Bonchev–Trinajstić information content (AvgIpc) is 2.97. The molecule has 0 aliphatic heterocycles. The Balaban J connectivity index is 1.83. The minimum atomic E-state index is -0.520. The number of aryl methyl sites for hydroxylation is 1. The van der Waals surface area contributed by atoms with E-state index in [0.29, 0.717) is 13.1 Å².